The molecule has 0 saturated heterocycles. The molecule has 0 aliphatic carbocycles. The molecular formula is C8H9F3OS. The Labute approximate surface area is 78.4 Å². The summed E-state index contributed by atoms with van der Waals surface area (Å²) in [4.78, 5) is 10.6. The fraction of sp³-hybridized carbons (Fsp3) is 0.625. The van der Waals surface area contributed by atoms with Crippen molar-refractivity contribution in [2.24, 2.45) is 0 Å². The van der Waals surface area contributed by atoms with Crippen LogP contribution >= 0.6 is 11.8 Å². The molecule has 0 N–H and O–H groups in total. The molecule has 5 heteroatoms. The van der Waals surface area contributed by atoms with Gasteiger partial charge in [0.15, 0.2) is 0 Å². The van der Waals surface area contributed by atoms with Crippen LogP contribution in [-0.2, 0) is 4.79 Å². The lowest BCUT2D eigenvalue weighted by molar-refractivity contribution is -0.165. The second kappa shape index (κ2) is 3.04. The third kappa shape index (κ3) is 2.49. The standard InChI is InChI=1S/C8H9F3OS/c1-7(2)4-3-5(13-7)6(12)8(9,10)11/h3H,4H2,1-2H3. The van der Waals surface area contributed by atoms with Gasteiger partial charge in [-0.1, -0.05) is 19.9 Å². The highest BCUT2D eigenvalue weighted by Gasteiger charge is 2.43. The average Bonchev–Trinajstić information content (AvgIpc) is 2.26. The number of Topliss-reactive ketones (excluding diaryl/α,β-unsaturated/α-hetero) is 1. The number of halogens is 3. The van der Waals surface area contributed by atoms with Crippen LogP contribution in [0.15, 0.2) is 11.0 Å². The van der Waals surface area contributed by atoms with Gasteiger partial charge in [0.25, 0.3) is 5.78 Å². The summed E-state index contributed by atoms with van der Waals surface area (Å²) >= 11 is 0.994. The van der Waals surface area contributed by atoms with E-state index in [1.54, 1.807) is 0 Å². The van der Waals surface area contributed by atoms with Gasteiger partial charge in [0.1, 0.15) is 0 Å². The van der Waals surface area contributed by atoms with E-state index in [9.17, 15) is 18.0 Å². The summed E-state index contributed by atoms with van der Waals surface area (Å²) in [6, 6.07) is 0. The van der Waals surface area contributed by atoms with E-state index in [2.05, 4.69) is 0 Å². The number of carbonyl (C=O) groups excluding carboxylic acids is 1. The van der Waals surface area contributed by atoms with Gasteiger partial charge < -0.3 is 0 Å². The van der Waals surface area contributed by atoms with Crippen molar-refractivity contribution in [2.45, 2.75) is 31.2 Å². The van der Waals surface area contributed by atoms with Crippen molar-refractivity contribution >= 4 is 17.5 Å². The Morgan fingerprint density at radius 3 is 2.38 bits per heavy atom. The predicted molar refractivity (Wildman–Crippen MR) is 45.4 cm³/mol. The molecular weight excluding hydrogens is 201 g/mol. The highest BCUT2D eigenvalue weighted by atomic mass is 32.2. The number of rotatable bonds is 1. The second-order valence-electron chi connectivity index (χ2n) is 3.46. The zero-order valence-corrected chi connectivity index (χ0v) is 8.05. The Hall–Kier alpha value is -0.450. The Morgan fingerprint density at radius 1 is 1.54 bits per heavy atom. The van der Waals surface area contributed by atoms with Crippen LogP contribution in [-0.4, -0.2) is 16.7 Å². The fourth-order valence-corrected chi connectivity index (χ4v) is 2.14. The molecule has 1 aliphatic heterocycles. The summed E-state index contributed by atoms with van der Waals surface area (Å²) in [5.74, 6) is -1.72. The smallest absolute Gasteiger partial charge is 0.283 e. The molecule has 0 unspecified atom stereocenters. The zero-order valence-electron chi connectivity index (χ0n) is 7.23. The maximum Gasteiger partial charge on any atom is 0.455 e. The third-order valence-corrected chi connectivity index (χ3v) is 2.94. The lowest BCUT2D eigenvalue weighted by atomic mass is 10.1. The van der Waals surface area contributed by atoms with Gasteiger partial charge in [0.2, 0.25) is 0 Å². The second-order valence-corrected chi connectivity index (χ2v) is 5.21. The van der Waals surface area contributed by atoms with E-state index in [1.807, 2.05) is 13.8 Å². The maximum atomic E-state index is 11.9. The molecule has 1 nitrogen and oxygen atoms in total. The van der Waals surface area contributed by atoms with E-state index in [4.69, 9.17) is 0 Å². The number of carbonyl (C=O) groups is 1. The molecule has 1 heterocycles. The highest BCUT2D eigenvalue weighted by molar-refractivity contribution is 8.05. The molecule has 0 fully saturated rings. The molecule has 0 atom stereocenters. The van der Waals surface area contributed by atoms with Crippen LogP contribution < -0.4 is 0 Å². The lowest BCUT2D eigenvalue weighted by Crippen LogP contribution is -2.23. The molecule has 0 aromatic carbocycles. The van der Waals surface area contributed by atoms with Crippen LogP contribution in [0.4, 0.5) is 13.2 Å². The van der Waals surface area contributed by atoms with Crippen molar-refractivity contribution in [1.29, 1.82) is 0 Å². The van der Waals surface area contributed by atoms with Gasteiger partial charge in [-0.2, -0.15) is 13.2 Å². The summed E-state index contributed by atoms with van der Waals surface area (Å²) in [6.45, 7) is 3.62. The minimum atomic E-state index is -4.74. The van der Waals surface area contributed by atoms with Crippen LogP contribution in [0.5, 0.6) is 0 Å². The van der Waals surface area contributed by atoms with Gasteiger partial charge >= 0.3 is 6.18 Å². The largest absolute Gasteiger partial charge is 0.455 e. The van der Waals surface area contributed by atoms with Crippen LogP contribution in [0.25, 0.3) is 0 Å². The Morgan fingerprint density at radius 2 is 2.08 bits per heavy atom. The Bertz CT molecular complexity index is 265. The molecule has 0 spiro atoms. The summed E-state index contributed by atoms with van der Waals surface area (Å²) < 4.78 is 35.6. The van der Waals surface area contributed by atoms with Gasteiger partial charge in [-0.05, 0) is 6.42 Å². The van der Waals surface area contributed by atoms with Crippen molar-refractivity contribution in [3.63, 3.8) is 0 Å². The molecule has 0 aromatic heterocycles. The van der Waals surface area contributed by atoms with Gasteiger partial charge in [-0.25, -0.2) is 0 Å². The summed E-state index contributed by atoms with van der Waals surface area (Å²) in [7, 11) is 0. The van der Waals surface area contributed by atoms with E-state index >= 15 is 0 Å². The number of hydrogen-bond acceptors (Lipinski definition) is 2. The van der Waals surface area contributed by atoms with Crippen LogP contribution in [0.2, 0.25) is 0 Å². The zero-order chi connectivity index (χ0) is 10.3. The van der Waals surface area contributed by atoms with Crippen molar-refractivity contribution in [2.75, 3.05) is 0 Å². The number of allylic oxidation sites excluding steroid dienone is 2. The number of alkyl halides is 3. The maximum absolute atomic E-state index is 11.9. The molecule has 1 rings (SSSR count). The first-order chi connectivity index (χ1) is 5.72. The molecule has 0 saturated carbocycles. The minimum Gasteiger partial charge on any atom is -0.283 e. The molecule has 0 amide bonds. The van der Waals surface area contributed by atoms with Gasteiger partial charge in [0.05, 0.1) is 4.91 Å². The van der Waals surface area contributed by atoms with E-state index in [-0.39, 0.29) is 9.65 Å². The molecule has 74 valence electrons. The lowest BCUT2D eigenvalue weighted by Gasteiger charge is -2.15. The SMILES string of the molecule is CC1(C)CC=C(C(=O)C(F)(F)F)S1. The quantitative estimate of drug-likeness (QED) is 0.662. The molecule has 0 radical (unpaired) electrons. The summed E-state index contributed by atoms with van der Waals surface area (Å²) in [5.41, 5.74) is 0. The number of hydrogen-bond donors (Lipinski definition) is 0. The summed E-state index contributed by atoms with van der Waals surface area (Å²) in [5, 5.41) is 0. The molecule has 0 bridgehead atoms. The van der Waals surface area contributed by atoms with Crippen LogP contribution in [0.3, 0.4) is 0 Å². The Kier molecular flexibility index (Phi) is 2.49. The van der Waals surface area contributed by atoms with Gasteiger partial charge in [0, 0.05) is 4.75 Å². The Balaban J connectivity index is 2.73. The van der Waals surface area contributed by atoms with Crippen LogP contribution in [0, 0.1) is 0 Å². The van der Waals surface area contributed by atoms with Gasteiger partial charge in [-0.3, -0.25) is 4.79 Å². The van der Waals surface area contributed by atoms with E-state index in [0.29, 0.717) is 6.42 Å². The predicted octanol–water partition coefficient (Wildman–Crippen LogP) is 2.92. The number of thioether (sulfide) groups is 1. The minimum absolute atomic E-state index is 0.169. The third-order valence-electron chi connectivity index (χ3n) is 1.65. The van der Waals surface area contributed by atoms with Gasteiger partial charge in [-0.15, -0.1) is 11.8 Å². The topological polar surface area (TPSA) is 17.1 Å². The van der Waals surface area contributed by atoms with E-state index < -0.39 is 12.0 Å². The highest BCUT2D eigenvalue weighted by Crippen LogP contribution is 2.43. The summed E-state index contributed by atoms with van der Waals surface area (Å²) in [6.07, 6.45) is -2.87. The normalized spacial score (nSPS) is 21.5. The van der Waals surface area contributed by atoms with Crippen molar-refractivity contribution in [3.8, 4) is 0 Å². The van der Waals surface area contributed by atoms with Crippen molar-refractivity contribution < 1.29 is 18.0 Å². The first-order valence-corrected chi connectivity index (χ1v) is 4.55. The van der Waals surface area contributed by atoms with Crippen molar-refractivity contribution in [1.82, 2.24) is 0 Å². The van der Waals surface area contributed by atoms with E-state index in [1.165, 1.54) is 6.08 Å². The monoisotopic (exact) mass is 210 g/mol. The van der Waals surface area contributed by atoms with E-state index in [0.717, 1.165) is 11.8 Å². The first-order valence-electron chi connectivity index (χ1n) is 3.73. The average molecular weight is 210 g/mol. The molecule has 1 aliphatic rings. The first kappa shape index (κ1) is 10.6. The van der Waals surface area contributed by atoms with Crippen LogP contribution in [0.1, 0.15) is 20.3 Å². The fourth-order valence-electron chi connectivity index (χ4n) is 0.998. The number of ketones is 1. The van der Waals surface area contributed by atoms with Crippen molar-refractivity contribution in [3.05, 3.63) is 11.0 Å². The molecule has 13 heavy (non-hydrogen) atoms. The molecule has 0 aromatic rings.